The monoisotopic (exact) mass is 356 g/mol. The number of aromatic nitrogens is 1. The molecule has 26 heavy (non-hydrogen) atoms. The Morgan fingerprint density at radius 2 is 2.15 bits per heavy atom. The van der Waals surface area contributed by atoms with Crippen molar-refractivity contribution in [1.82, 2.24) is 9.88 Å². The number of hydrogen-bond acceptors (Lipinski definition) is 5. The molecule has 0 aliphatic carbocycles. The molecule has 1 atom stereocenters. The van der Waals surface area contributed by atoms with E-state index < -0.39 is 0 Å². The molecule has 4 heterocycles. The van der Waals surface area contributed by atoms with E-state index in [1.54, 1.807) is 6.26 Å². The maximum atomic E-state index is 6.07. The molecule has 2 aliphatic heterocycles. The van der Waals surface area contributed by atoms with E-state index in [9.17, 15) is 0 Å². The summed E-state index contributed by atoms with van der Waals surface area (Å²) in [4.78, 5) is 7.00. The van der Waals surface area contributed by atoms with E-state index in [4.69, 9.17) is 13.9 Å². The van der Waals surface area contributed by atoms with Crippen molar-refractivity contribution in [2.75, 3.05) is 26.3 Å². The summed E-state index contributed by atoms with van der Waals surface area (Å²) in [6.45, 7) is 7.37. The molecular formula is C21H28N2O3. The summed E-state index contributed by atoms with van der Waals surface area (Å²) < 4.78 is 17.1. The fourth-order valence-corrected chi connectivity index (χ4v) is 4.15. The van der Waals surface area contributed by atoms with Gasteiger partial charge in [0.25, 0.3) is 0 Å². The molecule has 2 aliphatic rings. The average Bonchev–Trinajstić information content (AvgIpc) is 3.28. The SMILES string of the molecule is Cc1cccc(COCC2CC3(CCN(Cc4ccoc4)CC3)CO2)n1. The molecule has 2 fully saturated rings. The molecule has 2 saturated heterocycles. The second kappa shape index (κ2) is 7.91. The lowest BCUT2D eigenvalue weighted by Crippen LogP contribution is -2.40. The van der Waals surface area contributed by atoms with Crippen LogP contribution in [0.25, 0.3) is 0 Å². The molecular weight excluding hydrogens is 328 g/mol. The molecule has 5 nitrogen and oxygen atoms in total. The van der Waals surface area contributed by atoms with Gasteiger partial charge in [-0.3, -0.25) is 9.88 Å². The van der Waals surface area contributed by atoms with E-state index in [0.717, 1.165) is 44.0 Å². The highest BCUT2D eigenvalue weighted by atomic mass is 16.5. The Bertz CT molecular complexity index is 693. The summed E-state index contributed by atoms with van der Waals surface area (Å²) in [5, 5.41) is 0. The predicted molar refractivity (Wildman–Crippen MR) is 98.6 cm³/mol. The van der Waals surface area contributed by atoms with Crippen LogP contribution in [-0.4, -0.2) is 42.3 Å². The van der Waals surface area contributed by atoms with Crippen LogP contribution in [0.3, 0.4) is 0 Å². The van der Waals surface area contributed by atoms with Gasteiger partial charge in [-0.2, -0.15) is 0 Å². The molecule has 0 amide bonds. The molecule has 2 aromatic rings. The Morgan fingerprint density at radius 1 is 1.27 bits per heavy atom. The molecule has 0 bridgehead atoms. The first-order chi connectivity index (χ1) is 12.7. The Hall–Kier alpha value is -1.69. The van der Waals surface area contributed by atoms with Crippen molar-refractivity contribution in [3.63, 3.8) is 0 Å². The quantitative estimate of drug-likeness (QED) is 0.792. The summed E-state index contributed by atoms with van der Waals surface area (Å²) in [5.41, 5.74) is 3.64. The summed E-state index contributed by atoms with van der Waals surface area (Å²) >= 11 is 0. The summed E-state index contributed by atoms with van der Waals surface area (Å²) in [7, 11) is 0. The van der Waals surface area contributed by atoms with E-state index in [-0.39, 0.29) is 6.10 Å². The third kappa shape index (κ3) is 4.34. The smallest absolute Gasteiger partial charge is 0.0947 e. The second-order valence-corrected chi connectivity index (χ2v) is 7.83. The molecule has 5 heteroatoms. The maximum Gasteiger partial charge on any atom is 0.0947 e. The number of aryl methyl sites for hydroxylation is 1. The van der Waals surface area contributed by atoms with Crippen molar-refractivity contribution >= 4 is 0 Å². The van der Waals surface area contributed by atoms with E-state index >= 15 is 0 Å². The van der Waals surface area contributed by atoms with Gasteiger partial charge in [0, 0.05) is 17.8 Å². The molecule has 0 N–H and O–H groups in total. The zero-order chi connectivity index (χ0) is 17.8. The van der Waals surface area contributed by atoms with Crippen LogP contribution in [0.1, 0.15) is 36.2 Å². The highest BCUT2D eigenvalue weighted by Crippen LogP contribution is 2.42. The van der Waals surface area contributed by atoms with Gasteiger partial charge < -0.3 is 13.9 Å². The molecule has 0 saturated carbocycles. The first-order valence-electron chi connectivity index (χ1n) is 9.56. The van der Waals surface area contributed by atoms with E-state index in [1.807, 2.05) is 31.4 Å². The van der Waals surface area contributed by atoms with Gasteiger partial charge in [-0.1, -0.05) is 6.07 Å². The van der Waals surface area contributed by atoms with E-state index in [0.29, 0.717) is 18.6 Å². The Balaban J connectivity index is 1.20. The van der Waals surface area contributed by atoms with Crippen molar-refractivity contribution in [3.8, 4) is 0 Å². The van der Waals surface area contributed by atoms with Crippen LogP contribution >= 0.6 is 0 Å². The van der Waals surface area contributed by atoms with E-state index in [1.165, 1.54) is 18.4 Å². The molecule has 0 radical (unpaired) electrons. The van der Waals surface area contributed by atoms with Gasteiger partial charge in [0.2, 0.25) is 0 Å². The largest absolute Gasteiger partial charge is 0.472 e. The fourth-order valence-electron chi connectivity index (χ4n) is 4.15. The van der Waals surface area contributed by atoms with Crippen LogP contribution in [-0.2, 0) is 22.6 Å². The molecule has 2 aromatic heterocycles. The highest BCUT2D eigenvalue weighted by molar-refractivity contribution is 5.09. The fraction of sp³-hybridized carbons (Fsp3) is 0.571. The molecule has 0 aromatic carbocycles. The minimum Gasteiger partial charge on any atom is -0.472 e. The Kier molecular flexibility index (Phi) is 5.38. The van der Waals surface area contributed by atoms with E-state index in [2.05, 4.69) is 16.0 Å². The lowest BCUT2D eigenvalue weighted by atomic mass is 9.76. The van der Waals surface area contributed by atoms with Crippen molar-refractivity contribution in [2.24, 2.45) is 5.41 Å². The Labute approximate surface area is 155 Å². The predicted octanol–water partition coefficient (Wildman–Crippen LogP) is 3.57. The number of furan rings is 1. The van der Waals surface area contributed by atoms with Crippen LogP contribution in [0.15, 0.2) is 41.2 Å². The zero-order valence-corrected chi connectivity index (χ0v) is 15.5. The topological polar surface area (TPSA) is 47.7 Å². The van der Waals surface area contributed by atoms with Gasteiger partial charge in [0.1, 0.15) is 0 Å². The minimum absolute atomic E-state index is 0.222. The standard InChI is InChI=1S/C21H28N2O3/c1-17-3-2-4-19(22-17)14-25-15-20-11-21(16-26-20)6-8-23(9-7-21)12-18-5-10-24-13-18/h2-5,10,13,20H,6-9,11-12,14-16H2,1H3. The zero-order valence-electron chi connectivity index (χ0n) is 15.5. The number of hydrogen-bond donors (Lipinski definition) is 0. The van der Waals surface area contributed by atoms with Crippen molar-refractivity contribution in [1.29, 1.82) is 0 Å². The van der Waals surface area contributed by atoms with Crippen LogP contribution in [0.4, 0.5) is 0 Å². The number of nitrogens with zero attached hydrogens (tertiary/aromatic N) is 2. The second-order valence-electron chi connectivity index (χ2n) is 7.83. The lowest BCUT2D eigenvalue weighted by molar-refractivity contribution is 0.00552. The van der Waals surface area contributed by atoms with Crippen molar-refractivity contribution < 1.29 is 13.9 Å². The first-order valence-corrected chi connectivity index (χ1v) is 9.56. The Morgan fingerprint density at radius 3 is 2.92 bits per heavy atom. The number of rotatable bonds is 6. The van der Waals surface area contributed by atoms with Crippen LogP contribution < -0.4 is 0 Å². The molecule has 4 rings (SSSR count). The third-order valence-corrected chi connectivity index (χ3v) is 5.69. The number of likely N-dealkylation sites (tertiary alicyclic amines) is 1. The van der Waals surface area contributed by atoms with Crippen LogP contribution in [0.2, 0.25) is 0 Å². The molecule has 1 unspecified atom stereocenters. The highest BCUT2D eigenvalue weighted by Gasteiger charge is 2.42. The van der Waals surface area contributed by atoms with Crippen LogP contribution in [0.5, 0.6) is 0 Å². The van der Waals surface area contributed by atoms with Gasteiger partial charge in [-0.15, -0.1) is 0 Å². The summed E-state index contributed by atoms with van der Waals surface area (Å²) in [5.74, 6) is 0. The number of pyridine rings is 1. The van der Waals surface area contributed by atoms with Gasteiger partial charge >= 0.3 is 0 Å². The first kappa shape index (κ1) is 17.7. The maximum absolute atomic E-state index is 6.07. The van der Waals surface area contributed by atoms with Crippen LogP contribution in [0, 0.1) is 12.3 Å². The summed E-state index contributed by atoms with van der Waals surface area (Å²) in [6.07, 6.45) is 7.36. The third-order valence-electron chi connectivity index (χ3n) is 5.69. The summed E-state index contributed by atoms with van der Waals surface area (Å²) in [6, 6.07) is 8.10. The van der Waals surface area contributed by atoms with Gasteiger partial charge in [0.05, 0.1) is 44.1 Å². The number of ether oxygens (including phenoxy) is 2. The normalized spacial score (nSPS) is 22.9. The average molecular weight is 356 g/mol. The molecule has 140 valence electrons. The van der Waals surface area contributed by atoms with Crippen molar-refractivity contribution in [2.45, 2.75) is 45.4 Å². The molecule has 1 spiro atoms. The van der Waals surface area contributed by atoms with Crippen molar-refractivity contribution in [3.05, 3.63) is 53.7 Å². The lowest BCUT2D eigenvalue weighted by Gasteiger charge is -2.38. The van der Waals surface area contributed by atoms with Gasteiger partial charge in [-0.25, -0.2) is 0 Å². The number of piperidine rings is 1. The minimum atomic E-state index is 0.222. The van der Waals surface area contributed by atoms with Gasteiger partial charge in [0.15, 0.2) is 0 Å². The van der Waals surface area contributed by atoms with Gasteiger partial charge in [-0.05, 0) is 62.9 Å².